The fraction of sp³-hybridized carbons (Fsp3) is 0.154. The Balaban J connectivity index is 1.60. The van der Waals surface area contributed by atoms with Crippen molar-refractivity contribution in [3.8, 4) is 11.5 Å². The minimum atomic E-state index is -0.698. The summed E-state index contributed by atoms with van der Waals surface area (Å²) in [4.78, 5) is 37.8. The number of ether oxygens (including phenoxy) is 3. The normalized spacial score (nSPS) is 13.7. The molecule has 0 unspecified atom stereocenters. The van der Waals surface area contributed by atoms with Gasteiger partial charge in [0, 0.05) is 29.3 Å². The van der Waals surface area contributed by atoms with Gasteiger partial charge in [-0.3, -0.25) is 20.2 Å². The number of benzene rings is 3. The van der Waals surface area contributed by atoms with Crippen molar-refractivity contribution >= 4 is 40.9 Å². The number of rotatable bonds is 9. The third kappa shape index (κ3) is 5.79. The van der Waals surface area contributed by atoms with Crippen LogP contribution in [-0.4, -0.2) is 28.3 Å². The molecule has 4 rings (SSSR count). The van der Waals surface area contributed by atoms with E-state index in [0.717, 1.165) is 0 Å². The summed E-state index contributed by atoms with van der Waals surface area (Å²) in [6.07, 6.45) is 1.46. The molecule has 3 aromatic rings. The number of cyclic esters (lactones) is 1. The summed E-state index contributed by atoms with van der Waals surface area (Å²) in [5, 5.41) is 22.3. The first kappa shape index (κ1) is 26.3. The number of non-ortho nitro benzene ring substituents is 1. The van der Waals surface area contributed by atoms with E-state index in [1.165, 1.54) is 36.4 Å². The molecule has 11 nitrogen and oxygen atoms in total. The van der Waals surface area contributed by atoms with E-state index in [-0.39, 0.29) is 40.3 Å². The van der Waals surface area contributed by atoms with E-state index in [9.17, 15) is 25.0 Å². The van der Waals surface area contributed by atoms with Gasteiger partial charge in [-0.25, -0.2) is 9.79 Å². The van der Waals surface area contributed by atoms with Gasteiger partial charge in [0.05, 0.1) is 21.5 Å². The lowest BCUT2D eigenvalue weighted by Gasteiger charge is -2.14. The van der Waals surface area contributed by atoms with Crippen LogP contribution in [0.5, 0.6) is 11.5 Å². The van der Waals surface area contributed by atoms with Gasteiger partial charge in [-0.15, -0.1) is 0 Å². The second-order valence-electron chi connectivity index (χ2n) is 8.07. The van der Waals surface area contributed by atoms with Crippen molar-refractivity contribution in [1.82, 2.24) is 0 Å². The molecule has 0 aliphatic carbocycles. The zero-order chi connectivity index (χ0) is 27.4. The molecule has 38 heavy (non-hydrogen) atoms. The van der Waals surface area contributed by atoms with Crippen LogP contribution in [-0.2, 0) is 16.1 Å². The SMILES string of the molecule is CCOc1cc(/C=C2\N=C(c3ccc([N+](=O)[O-])c(C)c3)OC2=O)cc(Cl)c1OCc1cccc([N+](=O)[O-])c1. The molecule has 1 aliphatic rings. The van der Waals surface area contributed by atoms with E-state index in [4.69, 9.17) is 25.8 Å². The molecule has 0 saturated heterocycles. The molecule has 194 valence electrons. The van der Waals surface area contributed by atoms with E-state index >= 15 is 0 Å². The number of hydrogen-bond acceptors (Lipinski definition) is 9. The van der Waals surface area contributed by atoms with Crippen LogP contribution in [0.2, 0.25) is 5.02 Å². The molecule has 0 atom stereocenters. The van der Waals surface area contributed by atoms with Crippen molar-refractivity contribution in [2.45, 2.75) is 20.5 Å². The Morgan fingerprint density at radius 1 is 1.05 bits per heavy atom. The monoisotopic (exact) mass is 537 g/mol. The van der Waals surface area contributed by atoms with E-state index in [1.807, 2.05) is 0 Å². The minimum Gasteiger partial charge on any atom is -0.490 e. The predicted octanol–water partition coefficient (Wildman–Crippen LogP) is 5.79. The lowest BCUT2D eigenvalue weighted by Crippen LogP contribution is -2.06. The number of hydrogen-bond donors (Lipinski definition) is 0. The number of nitrogens with zero attached hydrogens (tertiary/aromatic N) is 3. The van der Waals surface area contributed by atoms with Gasteiger partial charge in [-0.05, 0) is 55.3 Å². The molecule has 0 amide bonds. The second-order valence-corrected chi connectivity index (χ2v) is 8.48. The molecule has 0 bridgehead atoms. The summed E-state index contributed by atoms with van der Waals surface area (Å²) in [7, 11) is 0. The van der Waals surface area contributed by atoms with E-state index in [2.05, 4.69) is 4.99 Å². The van der Waals surface area contributed by atoms with Gasteiger partial charge in [0.1, 0.15) is 6.61 Å². The van der Waals surface area contributed by atoms with Gasteiger partial charge in [0.2, 0.25) is 5.90 Å². The number of carbonyl (C=O) groups is 1. The molecule has 0 aromatic heterocycles. The van der Waals surface area contributed by atoms with Crippen LogP contribution in [0.25, 0.3) is 6.08 Å². The van der Waals surface area contributed by atoms with Crippen LogP contribution in [0.4, 0.5) is 11.4 Å². The van der Waals surface area contributed by atoms with Gasteiger partial charge in [0.15, 0.2) is 17.2 Å². The van der Waals surface area contributed by atoms with Gasteiger partial charge in [-0.1, -0.05) is 23.7 Å². The van der Waals surface area contributed by atoms with Crippen molar-refractivity contribution in [3.05, 3.63) is 108 Å². The maximum atomic E-state index is 12.5. The first-order valence-electron chi connectivity index (χ1n) is 11.3. The topological polar surface area (TPSA) is 143 Å². The van der Waals surface area contributed by atoms with Crippen LogP contribution in [0, 0.1) is 27.2 Å². The van der Waals surface area contributed by atoms with Gasteiger partial charge < -0.3 is 14.2 Å². The van der Waals surface area contributed by atoms with Crippen LogP contribution in [0.3, 0.4) is 0 Å². The average Bonchev–Trinajstić information content (AvgIpc) is 3.23. The van der Waals surface area contributed by atoms with Crippen molar-refractivity contribution < 1.29 is 28.9 Å². The highest BCUT2D eigenvalue weighted by Gasteiger charge is 2.26. The molecule has 0 fully saturated rings. The van der Waals surface area contributed by atoms with E-state index < -0.39 is 15.8 Å². The van der Waals surface area contributed by atoms with Gasteiger partial charge in [-0.2, -0.15) is 0 Å². The summed E-state index contributed by atoms with van der Waals surface area (Å²) in [6.45, 7) is 3.67. The third-order valence-electron chi connectivity index (χ3n) is 5.40. The molecular weight excluding hydrogens is 518 g/mol. The zero-order valence-corrected chi connectivity index (χ0v) is 20.9. The highest BCUT2D eigenvalue weighted by atomic mass is 35.5. The molecule has 0 N–H and O–H groups in total. The van der Waals surface area contributed by atoms with Crippen molar-refractivity contribution in [1.29, 1.82) is 0 Å². The Morgan fingerprint density at radius 3 is 2.53 bits per heavy atom. The first-order valence-corrected chi connectivity index (χ1v) is 11.6. The average molecular weight is 538 g/mol. The number of nitro groups is 2. The number of nitro benzene ring substituents is 2. The largest absolute Gasteiger partial charge is 0.490 e. The minimum absolute atomic E-state index is 0.000200. The number of esters is 1. The maximum absolute atomic E-state index is 12.5. The smallest absolute Gasteiger partial charge is 0.363 e. The molecule has 3 aromatic carbocycles. The summed E-state index contributed by atoms with van der Waals surface area (Å²) >= 11 is 6.47. The predicted molar refractivity (Wildman–Crippen MR) is 138 cm³/mol. The number of halogens is 1. The summed E-state index contributed by atoms with van der Waals surface area (Å²) < 4.78 is 16.8. The lowest BCUT2D eigenvalue weighted by molar-refractivity contribution is -0.385. The van der Waals surface area contributed by atoms with Gasteiger partial charge >= 0.3 is 5.97 Å². The van der Waals surface area contributed by atoms with E-state index in [0.29, 0.717) is 34.6 Å². The zero-order valence-electron chi connectivity index (χ0n) is 20.2. The summed E-state index contributed by atoms with van der Waals surface area (Å²) in [6, 6.07) is 13.5. The third-order valence-corrected chi connectivity index (χ3v) is 5.68. The van der Waals surface area contributed by atoms with Crippen LogP contribution >= 0.6 is 11.6 Å². The van der Waals surface area contributed by atoms with E-state index in [1.54, 1.807) is 38.1 Å². The van der Waals surface area contributed by atoms with Crippen LogP contribution in [0.15, 0.2) is 65.3 Å². The molecule has 0 saturated carbocycles. The van der Waals surface area contributed by atoms with Crippen LogP contribution < -0.4 is 9.47 Å². The molecule has 1 aliphatic heterocycles. The Morgan fingerprint density at radius 2 is 1.84 bits per heavy atom. The highest BCUT2D eigenvalue weighted by molar-refractivity contribution is 6.32. The Bertz CT molecular complexity index is 1520. The van der Waals surface area contributed by atoms with Crippen molar-refractivity contribution in [2.75, 3.05) is 6.61 Å². The fourth-order valence-corrected chi connectivity index (χ4v) is 3.95. The highest BCUT2D eigenvalue weighted by Crippen LogP contribution is 2.38. The van der Waals surface area contributed by atoms with Crippen molar-refractivity contribution in [3.63, 3.8) is 0 Å². The van der Waals surface area contributed by atoms with Gasteiger partial charge in [0.25, 0.3) is 11.4 Å². The Kier molecular flexibility index (Phi) is 7.68. The first-order chi connectivity index (χ1) is 18.2. The summed E-state index contributed by atoms with van der Waals surface area (Å²) in [5.74, 6) is -0.135. The molecule has 0 spiro atoms. The standard InChI is InChI=1S/C26H20ClN3O8/c1-3-36-23-13-17(11-20(27)24(23)37-14-16-5-4-6-19(10-16)29(32)33)12-21-26(31)38-25(28-21)18-7-8-22(30(34)35)15(2)9-18/h4-13H,3,14H2,1-2H3/b21-12-. The number of aryl methyl sites for hydroxylation is 1. The fourth-order valence-electron chi connectivity index (χ4n) is 3.67. The molecule has 1 heterocycles. The Hall–Kier alpha value is -4.77. The number of aliphatic imine (C=N–C) groups is 1. The number of carbonyl (C=O) groups excluding carboxylic acids is 1. The molecular formula is C26H20ClN3O8. The summed E-state index contributed by atoms with van der Waals surface area (Å²) in [5.41, 5.74) is 1.76. The second kappa shape index (κ2) is 11.1. The molecule has 12 heteroatoms. The Labute approximate surface area is 221 Å². The maximum Gasteiger partial charge on any atom is 0.363 e. The quantitative estimate of drug-likeness (QED) is 0.144. The van der Waals surface area contributed by atoms with Crippen molar-refractivity contribution in [2.24, 2.45) is 4.99 Å². The lowest BCUT2D eigenvalue weighted by atomic mass is 10.1. The molecule has 0 radical (unpaired) electrons. The van der Waals surface area contributed by atoms with Crippen LogP contribution in [0.1, 0.15) is 29.2 Å².